The first-order valence-electron chi connectivity index (χ1n) is 6.69. The number of hydrogen-bond donors (Lipinski definition) is 1. The smallest absolute Gasteiger partial charge is 0.306 e. The van der Waals surface area contributed by atoms with Gasteiger partial charge in [0.25, 0.3) is 0 Å². The number of aliphatic carboxylic acids is 1. The zero-order chi connectivity index (χ0) is 13.2. The summed E-state index contributed by atoms with van der Waals surface area (Å²) in [5.74, 6) is -0.789. The molecule has 2 aliphatic heterocycles. The van der Waals surface area contributed by atoms with E-state index < -0.39 is 11.8 Å². The summed E-state index contributed by atoms with van der Waals surface area (Å²) in [7, 11) is 2.14. The summed E-state index contributed by atoms with van der Waals surface area (Å²) in [5.41, 5.74) is 0. The molecule has 2 rings (SSSR count). The van der Waals surface area contributed by atoms with Crippen LogP contribution in [0.2, 0.25) is 0 Å². The molecule has 0 spiro atoms. The average Bonchev–Trinajstić information content (AvgIpc) is 2.63. The second kappa shape index (κ2) is 5.55. The molecule has 2 saturated heterocycles. The van der Waals surface area contributed by atoms with E-state index in [9.17, 15) is 4.79 Å². The molecular weight excluding hydrogens is 234 g/mol. The largest absolute Gasteiger partial charge is 0.481 e. The zero-order valence-corrected chi connectivity index (χ0v) is 11.2. The minimum Gasteiger partial charge on any atom is -0.481 e. The number of hydrogen-bond acceptors (Lipinski definition) is 4. The molecule has 0 saturated carbocycles. The Morgan fingerprint density at radius 2 is 2.11 bits per heavy atom. The lowest BCUT2D eigenvalue weighted by molar-refractivity contribution is -0.171. The summed E-state index contributed by atoms with van der Waals surface area (Å²) >= 11 is 0. The van der Waals surface area contributed by atoms with Gasteiger partial charge in [-0.25, -0.2) is 0 Å². The second-order valence-corrected chi connectivity index (χ2v) is 5.73. The molecule has 18 heavy (non-hydrogen) atoms. The van der Waals surface area contributed by atoms with Crippen molar-refractivity contribution in [1.82, 2.24) is 4.90 Å². The lowest BCUT2D eigenvalue weighted by Crippen LogP contribution is -2.36. The van der Waals surface area contributed by atoms with Gasteiger partial charge in [-0.1, -0.05) is 0 Å². The molecule has 0 aliphatic carbocycles. The van der Waals surface area contributed by atoms with Crippen LogP contribution in [0.5, 0.6) is 0 Å². The molecule has 5 nitrogen and oxygen atoms in total. The minimum atomic E-state index is -0.827. The molecule has 5 heteroatoms. The molecule has 0 aromatic heterocycles. The highest BCUT2D eigenvalue weighted by molar-refractivity contribution is 5.67. The van der Waals surface area contributed by atoms with Crippen LogP contribution < -0.4 is 0 Å². The monoisotopic (exact) mass is 257 g/mol. The van der Waals surface area contributed by atoms with Gasteiger partial charge in [-0.3, -0.25) is 4.79 Å². The molecule has 2 heterocycles. The third-order valence-corrected chi connectivity index (χ3v) is 3.89. The third-order valence-electron chi connectivity index (χ3n) is 3.89. The lowest BCUT2D eigenvalue weighted by Gasteiger charge is -2.33. The predicted octanol–water partition coefficient (Wildman–Crippen LogP) is 1.32. The summed E-state index contributed by atoms with van der Waals surface area (Å²) in [4.78, 5) is 13.0. The Morgan fingerprint density at radius 3 is 2.72 bits per heavy atom. The van der Waals surface area contributed by atoms with Gasteiger partial charge in [0, 0.05) is 6.42 Å². The van der Waals surface area contributed by atoms with Gasteiger partial charge in [-0.2, -0.15) is 0 Å². The summed E-state index contributed by atoms with van der Waals surface area (Å²) in [6.45, 7) is 4.58. The number of carbonyl (C=O) groups is 1. The Labute approximate surface area is 108 Å². The first-order chi connectivity index (χ1) is 8.47. The third kappa shape index (κ3) is 3.67. The van der Waals surface area contributed by atoms with E-state index in [1.807, 2.05) is 6.92 Å². The van der Waals surface area contributed by atoms with Crippen molar-refractivity contribution >= 4 is 5.97 Å². The van der Waals surface area contributed by atoms with Crippen LogP contribution in [-0.2, 0) is 14.3 Å². The number of carboxylic acids is 1. The van der Waals surface area contributed by atoms with Crippen LogP contribution in [0.1, 0.15) is 32.6 Å². The molecule has 0 aromatic rings. The van der Waals surface area contributed by atoms with Gasteiger partial charge in [0.15, 0.2) is 5.79 Å². The van der Waals surface area contributed by atoms with Crippen LogP contribution in [0.4, 0.5) is 0 Å². The van der Waals surface area contributed by atoms with E-state index in [2.05, 4.69) is 11.9 Å². The summed E-state index contributed by atoms with van der Waals surface area (Å²) in [6, 6.07) is 0. The standard InChI is InChI=1S/C13H23NO4/c1-13(8-10-3-5-14(2)6-4-10)17-9-11(18-13)7-12(15)16/h10-11H,3-9H2,1-2H3,(H,15,16). The highest BCUT2D eigenvalue weighted by Gasteiger charge is 2.40. The van der Waals surface area contributed by atoms with Crippen molar-refractivity contribution in [2.24, 2.45) is 5.92 Å². The number of rotatable bonds is 4. The topological polar surface area (TPSA) is 59.0 Å². The molecule has 0 amide bonds. The van der Waals surface area contributed by atoms with Crippen molar-refractivity contribution in [1.29, 1.82) is 0 Å². The maximum atomic E-state index is 10.7. The Balaban J connectivity index is 1.80. The fourth-order valence-corrected chi connectivity index (χ4v) is 2.88. The number of piperidine rings is 1. The van der Waals surface area contributed by atoms with Gasteiger partial charge in [0.05, 0.1) is 19.1 Å². The SMILES string of the molecule is CN1CCC(CC2(C)OCC(CC(=O)O)O2)CC1. The summed E-state index contributed by atoms with van der Waals surface area (Å²) < 4.78 is 11.5. The van der Waals surface area contributed by atoms with Gasteiger partial charge in [-0.05, 0) is 45.8 Å². The normalized spacial score (nSPS) is 34.9. The first kappa shape index (κ1) is 13.8. The Kier molecular flexibility index (Phi) is 4.25. The molecule has 104 valence electrons. The molecule has 2 aliphatic rings. The molecule has 0 bridgehead atoms. The van der Waals surface area contributed by atoms with Gasteiger partial charge < -0.3 is 19.5 Å². The maximum Gasteiger partial charge on any atom is 0.306 e. The van der Waals surface area contributed by atoms with E-state index in [-0.39, 0.29) is 12.5 Å². The first-order valence-corrected chi connectivity index (χ1v) is 6.69. The van der Waals surface area contributed by atoms with Gasteiger partial charge in [0.1, 0.15) is 0 Å². The second-order valence-electron chi connectivity index (χ2n) is 5.73. The molecule has 0 aromatic carbocycles. The van der Waals surface area contributed by atoms with Crippen molar-refractivity contribution in [3.8, 4) is 0 Å². The minimum absolute atomic E-state index is 0.0307. The van der Waals surface area contributed by atoms with E-state index in [4.69, 9.17) is 14.6 Å². The molecule has 2 fully saturated rings. The predicted molar refractivity (Wildman–Crippen MR) is 66.3 cm³/mol. The Morgan fingerprint density at radius 1 is 1.44 bits per heavy atom. The van der Waals surface area contributed by atoms with E-state index >= 15 is 0 Å². The average molecular weight is 257 g/mol. The Hall–Kier alpha value is -0.650. The molecular formula is C13H23NO4. The van der Waals surface area contributed by atoms with Crippen LogP contribution in [-0.4, -0.2) is 54.6 Å². The maximum absolute atomic E-state index is 10.7. The summed E-state index contributed by atoms with van der Waals surface area (Å²) in [5, 5.41) is 8.75. The van der Waals surface area contributed by atoms with E-state index in [1.165, 1.54) is 12.8 Å². The lowest BCUT2D eigenvalue weighted by atomic mass is 9.90. The van der Waals surface area contributed by atoms with Crippen LogP contribution in [0.15, 0.2) is 0 Å². The van der Waals surface area contributed by atoms with Crippen molar-refractivity contribution in [2.45, 2.75) is 44.5 Å². The van der Waals surface area contributed by atoms with E-state index in [1.54, 1.807) is 0 Å². The Bertz CT molecular complexity index is 301. The van der Waals surface area contributed by atoms with Crippen molar-refractivity contribution < 1.29 is 19.4 Å². The van der Waals surface area contributed by atoms with Crippen LogP contribution >= 0.6 is 0 Å². The fourth-order valence-electron chi connectivity index (χ4n) is 2.88. The van der Waals surface area contributed by atoms with Crippen molar-refractivity contribution in [3.63, 3.8) is 0 Å². The quantitative estimate of drug-likeness (QED) is 0.823. The van der Waals surface area contributed by atoms with E-state index in [0.29, 0.717) is 12.5 Å². The van der Waals surface area contributed by atoms with Gasteiger partial charge >= 0.3 is 5.97 Å². The van der Waals surface area contributed by atoms with E-state index in [0.717, 1.165) is 19.5 Å². The molecule has 2 atom stereocenters. The number of carboxylic acid groups (broad SMARTS) is 1. The molecule has 0 radical (unpaired) electrons. The van der Waals surface area contributed by atoms with Gasteiger partial charge in [0.2, 0.25) is 0 Å². The summed E-state index contributed by atoms with van der Waals surface area (Å²) in [6.07, 6.45) is 2.95. The highest BCUT2D eigenvalue weighted by atomic mass is 16.7. The fraction of sp³-hybridized carbons (Fsp3) is 0.923. The highest BCUT2D eigenvalue weighted by Crippen LogP contribution is 2.34. The molecule has 2 unspecified atom stereocenters. The number of ether oxygens (including phenoxy) is 2. The zero-order valence-electron chi connectivity index (χ0n) is 11.2. The van der Waals surface area contributed by atoms with Crippen LogP contribution in [0.3, 0.4) is 0 Å². The molecule has 1 N–H and O–H groups in total. The van der Waals surface area contributed by atoms with Crippen molar-refractivity contribution in [2.75, 3.05) is 26.7 Å². The number of nitrogens with zero attached hydrogens (tertiary/aromatic N) is 1. The van der Waals surface area contributed by atoms with Crippen molar-refractivity contribution in [3.05, 3.63) is 0 Å². The van der Waals surface area contributed by atoms with Gasteiger partial charge in [-0.15, -0.1) is 0 Å². The number of likely N-dealkylation sites (tertiary alicyclic amines) is 1. The van der Waals surface area contributed by atoms with Crippen LogP contribution in [0, 0.1) is 5.92 Å². The van der Waals surface area contributed by atoms with Crippen LogP contribution in [0.25, 0.3) is 0 Å².